The molecule has 4 aliphatic rings. The molecule has 8 rings (SSSR count). The number of nitrogens with zero attached hydrogens (tertiary/aromatic N) is 5. The minimum atomic E-state index is -3.99. The fourth-order valence-electron chi connectivity index (χ4n) is 10.6. The van der Waals surface area contributed by atoms with Gasteiger partial charge in [0, 0.05) is 42.1 Å². The quantitative estimate of drug-likeness (QED) is 0.0230. The molecule has 13 nitrogen and oxygen atoms in total. The number of thiazole rings is 1. The smallest absolute Gasteiger partial charge is 0.266 e. The second-order valence-electron chi connectivity index (χ2n) is 17.0. The SMILES string of the molecule is CC(=C/C(N)=C(\O)c1ccc(-c2cnn(CC34CC5(C)CC(C)(C3)CC(OCCNCCS(=O)(=O)O)(C5)C4)c2C)c(C)n1)/C(N)=N/c1nc2ccccc2s1. The lowest BCUT2D eigenvalue weighted by Crippen LogP contribution is -2.64. The molecule has 0 radical (unpaired) electrons. The van der Waals surface area contributed by atoms with Gasteiger partial charge >= 0.3 is 0 Å². The van der Waals surface area contributed by atoms with Gasteiger partial charge in [-0.1, -0.05) is 43.4 Å². The highest BCUT2D eigenvalue weighted by Crippen LogP contribution is 2.72. The maximum absolute atomic E-state index is 11.1. The zero-order valence-electron chi connectivity index (χ0n) is 32.2. The third-order valence-corrected chi connectivity index (χ3v) is 13.3. The van der Waals surface area contributed by atoms with Gasteiger partial charge in [-0.2, -0.15) is 13.5 Å². The van der Waals surface area contributed by atoms with Gasteiger partial charge in [-0.3, -0.25) is 9.23 Å². The lowest BCUT2D eigenvalue weighted by Gasteiger charge is -2.69. The van der Waals surface area contributed by atoms with Gasteiger partial charge in [0.2, 0.25) is 5.13 Å². The Morgan fingerprint density at radius 2 is 1.75 bits per heavy atom. The Bertz CT molecular complexity index is 2280. The molecule has 7 N–H and O–H groups in total. The van der Waals surface area contributed by atoms with Gasteiger partial charge in [-0.25, -0.2) is 15.0 Å². The van der Waals surface area contributed by atoms with E-state index in [1.54, 1.807) is 19.1 Å². The fraction of sp³-hybridized carbons (Fsp3) is 0.500. The number of pyridine rings is 1. The molecule has 4 bridgehead atoms. The maximum Gasteiger partial charge on any atom is 0.266 e. The molecule has 4 fully saturated rings. The molecular formula is C40H52N8O5S2. The van der Waals surface area contributed by atoms with E-state index in [1.807, 2.05) is 43.5 Å². The number of benzene rings is 1. The normalized spacial score (nSPS) is 27.2. The summed E-state index contributed by atoms with van der Waals surface area (Å²) in [5.74, 6) is -0.207. The number of aliphatic hydroxyl groups is 1. The molecule has 4 saturated carbocycles. The molecule has 15 heteroatoms. The summed E-state index contributed by atoms with van der Waals surface area (Å²) in [4.78, 5) is 13.7. The van der Waals surface area contributed by atoms with Crippen LogP contribution in [0.3, 0.4) is 0 Å². The first-order valence-corrected chi connectivity index (χ1v) is 21.2. The molecule has 3 aromatic heterocycles. The number of fused-ring (bicyclic) bond motifs is 1. The summed E-state index contributed by atoms with van der Waals surface area (Å²) in [5.41, 5.74) is 18.4. The highest BCUT2D eigenvalue weighted by molar-refractivity contribution is 7.85. The van der Waals surface area contributed by atoms with Gasteiger partial charge in [0.05, 0.1) is 40.1 Å². The van der Waals surface area contributed by atoms with Crippen LogP contribution in [0.4, 0.5) is 5.13 Å². The van der Waals surface area contributed by atoms with Crippen LogP contribution in [0.2, 0.25) is 0 Å². The molecule has 2 unspecified atom stereocenters. The van der Waals surface area contributed by atoms with Crippen molar-refractivity contribution in [1.82, 2.24) is 25.1 Å². The Kier molecular flexibility index (Phi) is 10.2. The van der Waals surface area contributed by atoms with E-state index in [0.717, 1.165) is 71.4 Å². The second-order valence-corrected chi connectivity index (χ2v) is 19.6. The number of aliphatic imine (C=N–C) groups is 1. The summed E-state index contributed by atoms with van der Waals surface area (Å²) >= 11 is 1.45. The number of aliphatic hydroxyl groups excluding tert-OH is 1. The zero-order chi connectivity index (χ0) is 39.4. The Morgan fingerprint density at radius 1 is 1.02 bits per heavy atom. The third kappa shape index (κ3) is 8.36. The average Bonchev–Trinajstić information content (AvgIpc) is 3.65. The molecule has 4 aliphatic carbocycles. The van der Waals surface area contributed by atoms with Crippen LogP contribution in [0, 0.1) is 30.1 Å². The number of hydrogen-bond donors (Lipinski definition) is 5. The third-order valence-electron chi connectivity index (χ3n) is 11.6. The second kappa shape index (κ2) is 14.4. The van der Waals surface area contributed by atoms with Gasteiger partial charge in [0.1, 0.15) is 11.5 Å². The number of aromatic nitrogens is 4. The Balaban J connectivity index is 1.06. The van der Waals surface area contributed by atoms with E-state index in [9.17, 15) is 13.5 Å². The molecule has 0 spiro atoms. The number of nitrogens with one attached hydrogen (secondary N) is 1. The number of ether oxygens (including phenoxy) is 1. The Labute approximate surface area is 326 Å². The number of allylic oxidation sites excluding steroid dienone is 1. The number of hydrogen-bond acceptors (Lipinski definition) is 11. The largest absolute Gasteiger partial charge is 0.504 e. The van der Waals surface area contributed by atoms with Gasteiger partial charge in [-0.05, 0) is 105 Å². The van der Waals surface area contributed by atoms with Crippen LogP contribution >= 0.6 is 11.3 Å². The van der Waals surface area contributed by atoms with E-state index >= 15 is 0 Å². The molecule has 2 atom stereocenters. The number of rotatable bonds is 14. The molecule has 55 heavy (non-hydrogen) atoms. The molecule has 1 aromatic carbocycles. The van der Waals surface area contributed by atoms with E-state index in [2.05, 4.69) is 40.7 Å². The monoisotopic (exact) mass is 788 g/mol. The summed E-state index contributed by atoms with van der Waals surface area (Å²) in [5, 5.41) is 19.7. The molecular weight excluding hydrogens is 737 g/mol. The fourth-order valence-corrected chi connectivity index (χ4v) is 11.9. The van der Waals surface area contributed by atoms with Crippen LogP contribution in [-0.2, 0) is 21.4 Å². The van der Waals surface area contributed by atoms with E-state index in [1.165, 1.54) is 17.8 Å². The average molecular weight is 789 g/mol. The van der Waals surface area contributed by atoms with Crippen LogP contribution in [0.1, 0.15) is 76.4 Å². The van der Waals surface area contributed by atoms with E-state index in [0.29, 0.717) is 29.6 Å². The highest BCUT2D eigenvalue weighted by Gasteiger charge is 2.66. The lowest BCUT2D eigenvalue weighted by atomic mass is 9.39. The molecule has 3 heterocycles. The predicted octanol–water partition coefficient (Wildman–Crippen LogP) is 6.61. The van der Waals surface area contributed by atoms with E-state index in [-0.39, 0.29) is 51.4 Å². The van der Waals surface area contributed by atoms with E-state index in [4.69, 9.17) is 30.8 Å². The number of para-hydroxylation sites is 1. The highest BCUT2D eigenvalue weighted by atomic mass is 32.2. The van der Waals surface area contributed by atoms with Crippen LogP contribution in [0.15, 0.2) is 64.9 Å². The van der Waals surface area contributed by atoms with Crippen LogP contribution < -0.4 is 16.8 Å². The molecule has 0 saturated heterocycles. The summed E-state index contributed by atoms with van der Waals surface area (Å²) in [7, 11) is -3.99. The summed E-state index contributed by atoms with van der Waals surface area (Å²) in [6.45, 7) is 12.6. The molecule has 0 aliphatic heterocycles. The van der Waals surface area contributed by atoms with Crippen molar-refractivity contribution in [3.05, 3.63) is 77.0 Å². The van der Waals surface area contributed by atoms with Crippen LogP contribution in [0.5, 0.6) is 0 Å². The first kappa shape index (κ1) is 39.1. The van der Waals surface area contributed by atoms with Crippen LogP contribution in [0.25, 0.3) is 27.1 Å². The van der Waals surface area contributed by atoms with Gasteiger partial charge in [-0.15, -0.1) is 0 Å². The predicted molar refractivity (Wildman–Crippen MR) is 218 cm³/mol. The zero-order valence-corrected chi connectivity index (χ0v) is 33.9. The summed E-state index contributed by atoms with van der Waals surface area (Å²) in [6, 6.07) is 11.5. The number of aryl methyl sites for hydroxylation is 1. The topological polar surface area (TPSA) is 204 Å². The van der Waals surface area contributed by atoms with Gasteiger partial charge in [0.15, 0.2) is 5.76 Å². The maximum atomic E-state index is 11.1. The van der Waals surface area contributed by atoms with Crippen molar-refractivity contribution in [2.24, 2.45) is 32.7 Å². The van der Waals surface area contributed by atoms with Crippen molar-refractivity contribution in [2.45, 2.75) is 85.3 Å². The van der Waals surface area contributed by atoms with Crippen molar-refractivity contribution < 1.29 is 22.8 Å². The van der Waals surface area contributed by atoms with Crippen molar-refractivity contribution in [3.8, 4) is 11.1 Å². The minimum absolute atomic E-state index is 0.0318. The van der Waals surface area contributed by atoms with E-state index < -0.39 is 10.1 Å². The van der Waals surface area contributed by atoms with Crippen molar-refractivity contribution in [1.29, 1.82) is 0 Å². The summed E-state index contributed by atoms with van der Waals surface area (Å²) in [6.07, 6.45) is 9.94. The van der Waals surface area contributed by atoms with Gasteiger partial charge < -0.3 is 26.6 Å². The summed E-state index contributed by atoms with van der Waals surface area (Å²) < 4.78 is 41.1. The van der Waals surface area contributed by atoms with Crippen molar-refractivity contribution in [3.63, 3.8) is 0 Å². The molecule has 294 valence electrons. The lowest BCUT2D eigenvalue weighted by molar-refractivity contribution is -0.247. The molecule has 0 amide bonds. The standard InChI is InChI=1S/C40H52N8O5S2/c1-25(35(42)47-36-46-31-8-6-7-9-33(31)54-36)16-30(41)34(49)32-11-10-28(26(2)45-32)29-17-44-48(27(29)3)24-39-19-37(4)18-38(5,20-39)22-40(21-37,23-39)53-14-12-43-13-15-55(50,51)52/h6-11,16-17,43,49H,12-15,18-24,41H2,1-5H3,(H2,42,46,47)(H,50,51,52)/b25-16-,34-30+. The van der Waals surface area contributed by atoms with Crippen LogP contribution in [-0.4, -0.2) is 74.7 Å². The van der Waals surface area contributed by atoms with Crippen molar-refractivity contribution >= 4 is 48.4 Å². The number of nitrogens with two attached hydrogens (primary N) is 2. The minimum Gasteiger partial charge on any atom is -0.504 e. The first-order valence-electron chi connectivity index (χ1n) is 18.8. The number of amidine groups is 1. The Morgan fingerprint density at radius 3 is 2.44 bits per heavy atom. The molecule has 4 aromatic rings. The van der Waals surface area contributed by atoms with Crippen molar-refractivity contribution in [2.75, 3.05) is 25.4 Å². The Hall–Kier alpha value is -4.15. The van der Waals surface area contributed by atoms with Gasteiger partial charge in [0.25, 0.3) is 10.1 Å². The first-order chi connectivity index (χ1) is 25.9.